The fourth-order valence-corrected chi connectivity index (χ4v) is 1.65. The van der Waals surface area contributed by atoms with Crippen molar-refractivity contribution in [2.45, 2.75) is 6.92 Å². The molecule has 1 aromatic heterocycles. The number of hydrogen-bond acceptors (Lipinski definition) is 2. The smallest absolute Gasteiger partial charge is 0.212 e. The summed E-state index contributed by atoms with van der Waals surface area (Å²) in [6.45, 7) is 1.92. The summed E-state index contributed by atoms with van der Waals surface area (Å²) in [6, 6.07) is 10.6. The maximum atomic E-state index is 12.1. The lowest BCUT2D eigenvalue weighted by Gasteiger charge is -2.03. The van der Waals surface area contributed by atoms with Gasteiger partial charge in [0, 0.05) is 11.8 Å². The van der Waals surface area contributed by atoms with Gasteiger partial charge in [0.1, 0.15) is 5.69 Å². The van der Waals surface area contributed by atoms with Crippen molar-refractivity contribution in [3.05, 3.63) is 64.4 Å². The van der Waals surface area contributed by atoms with Crippen LogP contribution in [0.1, 0.15) is 21.6 Å². The van der Waals surface area contributed by atoms with Crippen LogP contribution in [-0.2, 0) is 0 Å². The highest BCUT2D eigenvalue weighted by molar-refractivity contribution is 6.34. The number of aryl methyl sites for hydroxylation is 1. The first-order valence-electron chi connectivity index (χ1n) is 4.90. The van der Waals surface area contributed by atoms with Crippen LogP contribution in [0.4, 0.5) is 0 Å². The van der Waals surface area contributed by atoms with Crippen molar-refractivity contribution in [3.63, 3.8) is 0 Å². The summed E-state index contributed by atoms with van der Waals surface area (Å²) in [6.07, 6.45) is 1.59. The van der Waals surface area contributed by atoms with Crippen molar-refractivity contribution in [1.29, 1.82) is 0 Å². The Bertz CT molecular complexity index is 523. The van der Waals surface area contributed by atoms with Crippen LogP contribution in [0.25, 0.3) is 0 Å². The number of halogens is 1. The Morgan fingerprint density at radius 2 is 2.06 bits per heavy atom. The van der Waals surface area contributed by atoms with Gasteiger partial charge in [-0.1, -0.05) is 29.3 Å². The van der Waals surface area contributed by atoms with Gasteiger partial charge >= 0.3 is 0 Å². The van der Waals surface area contributed by atoms with Crippen molar-refractivity contribution in [1.82, 2.24) is 4.98 Å². The van der Waals surface area contributed by atoms with Crippen LogP contribution in [0.15, 0.2) is 42.6 Å². The second-order valence-electron chi connectivity index (χ2n) is 3.53. The predicted octanol–water partition coefficient (Wildman–Crippen LogP) is 3.27. The van der Waals surface area contributed by atoms with E-state index >= 15 is 0 Å². The van der Waals surface area contributed by atoms with Crippen molar-refractivity contribution in [2.24, 2.45) is 0 Å². The number of benzene rings is 1. The van der Waals surface area contributed by atoms with Gasteiger partial charge in [-0.05, 0) is 31.2 Å². The van der Waals surface area contributed by atoms with Gasteiger partial charge in [0.05, 0.1) is 5.02 Å². The van der Waals surface area contributed by atoms with Crippen LogP contribution in [-0.4, -0.2) is 10.8 Å². The molecule has 2 rings (SSSR count). The molecular weight excluding hydrogens is 222 g/mol. The van der Waals surface area contributed by atoms with Gasteiger partial charge in [-0.15, -0.1) is 0 Å². The number of ketones is 1. The number of pyridine rings is 1. The van der Waals surface area contributed by atoms with Gasteiger partial charge in [0.2, 0.25) is 5.78 Å². The number of nitrogens with zero attached hydrogens (tertiary/aromatic N) is 1. The molecule has 0 aliphatic heterocycles. The van der Waals surface area contributed by atoms with Crippen LogP contribution < -0.4 is 0 Å². The highest BCUT2D eigenvalue weighted by Crippen LogP contribution is 2.19. The van der Waals surface area contributed by atoms with Gasteiger partial charge in [-0.25, -0.2) is 0 Å². The van der Waals surface area contributed by atoms with Crippen LogP contribution in [0.3, 0.4) is 0 Å². The number of rotatable bonds is 2. The topological polar surface area (TPSA) is 30.0 Å². The average molecular weight is 232 g/mol. The molecule has 16 heavy (non-hydrogen) atoms. The van der Waals surface area contributed by atoms with E-state index in [1.54, 1.807) is 36.5 Å². The highest BCUT2D eigenvalue weighted by Gasteiger charge is 2.13. The minimum Gasteiger partial charge on any atom is -0.287 e. The molecule has 0 aliphatic rings. The van der Waals surface area contributed by atoms with Gasteiger partial charge in [0.15, 0.2) is 0 Å². The normalized spacial score (nSPS) is 10.1. The molecule has 1 aromatic carbocycles. The lowest BCUT2D eigenvalue weighted by molar-refractivity contribution is 0.103. The summed E-state index contributed by atoms with van der Waals surface area (Å²) in [5.74, 6) is -0.144. The minimum atomic E-state index is -0.144. The lowest BCUT2D eigenvalue weighted by Crippen LogP contribution is -2.04. The maximum Gasteiger partial charge on any atom is 0.212 e. The second-order valence-corrected chi connectivity index (χ2v) is 3.93. The predicted molar refractivity (Wildman–Crippen MR) is 63.9 cm³/mol. The molecule has 0 radical (unpaired) electrons. The first-order valence-corrected chi connectivity index (χ1v) is 5.28. The van der Waals surface area contributed by atoms with E-state index in [2.05, 4.69) is 4.98 Å². The largest absolute Gasteiger partial charge is 0.287 e. The molecule has 0 spiro atoms. The molecular formula is C13H10ClNO. The molecule has 0 unspecified atom stereocenters. The zero-order valence-electron chi connectivity index (χ0n) is 8.77. The van der Waals surface area contributed by atoms with Crippen molar-refractivity contribution in [3.8, 4) is 0 Å². The number of carbonyl (C=O) groups is 1. The molecule has 1 heterocycles. The first kappa shape index (κ1) is 10.8. The third kappa shape index (κ3) is 2.12. The Morgan fingerprint density at radius 1 is 1.25 bits per heavy atom. The summed E-state index contributed by atoms with van der Waals surface area (Å²) >= 11 is 5.99. The Kier molecular flexibility index (Phi) is 3.02. The Balaban J connectivity index is 2.46. The van der Waals surface area contributed by atoms with Crippen LogP contribution in [0.2, 0.25) is 5.02 Å². The van der Waals surface area contributed by atoms with E-state index in [0.717, 1.165) is 5.56 Å². The van der Waals surface area contributed by atoms with Crippen molar-refractivity contribution in [2.75, 3.05) is 0 Å². The fourth-order valence-electron chi connectivity index (χ4n) is 1.45. The molecule has 0 aliphatic carbocycles. The SMILES string of the molecule is Cc1ccc(Cl)c(C(=O)c2ccccn2)c1. The molecule has 0 fully saturated rings. The molecule has 0 atom stereocenters. The molecule has 0 saturated heterocycles. The Hall–Kier alpha value is -1.67. The lowest BCUT2D eigenvalue weighted by atomic mass is 10.1. The monoisotopic (exact) mass is 231 g/mol. The number of aromatic nitrogens is 1. The van der Waals surface area contributed by atoms with E-state index in [4.69, 9.17) is 11.6 Å². The van der Waals surface area contributed by atoms with E-state index in [9.17, 15) is 4.79 Å². The van der Waals surface area contributed by atoms with E-state index in [1.807, 2.05) is 13.0 Å². The Labute approximate surface area is 98.9 Å². The second kappa shape index (κ2) is 4.45. The maximum absolute atomic E-state index is 12.1. The molecule has 80 valence electrons. The van der Waals surface area contributed by atoms with Crippen molar-refractivity contribution < 1.29 is 4.79 Å². The summed E-state index contributed by atoms with van der Waals surface area (Å²) in [5.41, 5.74) is 1.92. The summed E-state index contributed by atoms with van der Waals surface area (Å²) in [4.78, 5) is 16.1. The van der Waals surface area contributed by atoms with Crippen LogP contribution in [0.5, 0.6) is 0 Å². The van der Waals surface area contributed by atoms with Gasteiger partial charge in [-0.2, -0.15) is 0 Å². The average Bonchev–Trinajstić information content (AvgIpc) is 2.32. The zero-order chi connectivity index (χ0) is 11.5. The van der Waals surface area contributed by atoms with Crippen LogP contribution in [0, 0.1) is 6.92 Å². The van der Waals surface area contributed by atoms with E-state index in [1.165, 1.54) is 0 Å². The van der Waals surface area contributed by atoms with E-state index < -0.39 is 0 Å². The molecule has 0 N–H and O–H groups in total. The molecule has 0 amide bonds. The van der Waals surface area contributed by atoms with E-state index in [-0.39, 0.29) is 5.78 Å². The molecule has 2 aromatic rings. The van der Waals surface area contributed by atoms with Gasteiger partial charge in [-0.3, -0.25) is 9.78 Å². The molecule has 0 saturated carbocycles. The zero-order valence-corrected chi connectivity index (χ0v) is 9.53. The van der Waals surface area contributed by atoms with E-state index in [0.29, 0.717) is 16.3 Å². The molecule has 0 bridgehead atoms. The first-order chi connectivity index (χ1) is 7.68. The third-order valence-electron chi connectivity index (χ3n) is 2.26. The summed E-state index contributed by atoms with van der Waals surface area (Å²) in [5, 5.41) is 0.459. The van der Waals surface area contributed by atoms with Crippen molar-refractivity contribution >= 4 is 17.4 Å². The molecule has 3 heteroatoms. The van der Waals surface area contributed by atoms with Crippen LogP contribution >= 0.6 is 11.6 Å². The minimum absolute atomic E-state index is 0.144. The van der Waals surface area contributed by atoms with Gasteiger partial charge < -0.3 is 0 Å². The highest BCUT2D eigenvalue weighted by atomic mass is 35.5. The number of hydrogen-bond donors (Lipinski definition) is 0. The summed E-state index contributed by atoms with van der Waals surface area (Å²) < 4.78 is 0. The summed E-state index contributed by atoms with van der Waals surface area (Å²) in [7, 11) is 0. The quantitative estimate of drug-likeness (QED) is 0.743. The standard InChI is InChI=1S/C13H10ClNO/c1-9-5-6-11(14)10(8-9)13(16)12-4-2-3-7-15-12/h2-8H,1H3. The fraction of sp³-hybridized carbons (Fsp3) is 0.0769. The molecule has 2 nitrogen and oxygen atoms in total. The number of carbonyl (C=O) groups excluding carboxylic acids is 1. The third-order valence-corrected chi connectivity index (χ3v) is 2.59. The Morgan fingerprint density at radius 3 is 2.75 bits per heavy atom. The van der Waals surface area contributed by atoms with Gasteiger partial charge in [0.25, 0.3) is 0 Å².